The van der Waals surface area contributed by atoms with Gasteiger partial charge in [-0.1, -0.05) is 24.3 Å². The highest BCUT2D eigenvalue weighted by atomic mass is 16.5. The SMILES string of the molecule is CC(C)Oc1ccccc1Nc1ccc(C(=O)Nc2ccccc2C#N)nc1. The van der Waals surface area contributed by atoms with Gasteiger partial charge in [0.05, 0.1) is 34.9 Å². The number of pyridine rings is 1. The number of carbonyl (C=O) groups excluding carboxylic acids is 1. The fourth-order valence-electron chi connectivity index (χ4n) is 2.56. The number of para-hydroxylation sites is 3. The predicted octanol–water partition coefficient (Wildman–Crippen LogP) is 4.74. The normalized spacial score (nSPS) is 10.2. The molecule has 3 rings (SSSR count). The molecule has 1 aromatic heterocycles. The van der Waals surface area contributed by atoms with Gasteiger partial charge in [0.2, 0.25) is 0 Å². The van der Waals surface area contributed by atoms with Crippen LogP contribution in [0, 0.1) is 11.3 Å². The Morgan fingerprint density at radius 2 is 1.75 bits per heavy atom. The smallest absolute Gasteiger partial charge is 0.274 e. The van der Waals surface area contributed by atoms with Gasteiger partial charge in [0.25, 0.3) is 5.91 Å². The Hall–Kier alpha value is -3.85. The van der Waals surface area contributed by atoms with E-state index in [1.807, 2.05) is 38.1 Å². The van der Waals surface area contributed by atoms with Gasteiger partial charge in [-0.25, -0.2) is 4.98 Å². The standard InChI is InChI=1S/C22H20N4O2/c1-15(2)28-21-10-6-5-9-19(21)25-17-11-12-20(24-14-17)22(27)26-18-8-4-3-7-16(18)13-23/h3-12,14-15,25H,1-2H3,(H,26,27). The van der Waals surface area contributed by atoms with Gasteiger partial charge >= 0.3 is 0 Å². The zero-order chi connectivity index (χ0) is 19.9. The van der Waals surface area contributed by atoms with Crippen LogP contribution in [0.4, 0.5) is 17.1 Å². The molecule has 0 atom stereocenters. The van der Waals surface area contributed by atoms with E-state index >= 15 is 0 Å². The van der Waals surface area contributed by atoms with Crippen LogP contribution in [0.2, 0.25) is 0 Å². The lowest BCUT2D eigenvalue weighted by molar-refractivity contribution is 0.102. The van der Waals surface area contributed by atoms with Crippen LogP contribution < -0.4 is 15.4 Å². The number of hydrogen-bond acceptors (Lipinski definition) is 5. The predicted molar refractivity (Wildman–Crippen MR) is 109 cm³/mol. The molecule has 28 heavy (non-hydrogen) atoms. The van der Waals surface area contributed by atoms with E-state index in [2.05, 4.69) is 21.7 Å². The zero-order valence-electron chi connectivity index (χ0n) is 15.6. The highest BCUT2D eigenvalue weighted by molar-refractivity contribution is 6.03. The minimum Gasteiger partial charge on any atom is -0.489 e. The Morgan fingerprint density at radius 3 is 2.43 bits per heavy atom. The lowest BCUT2D eigenvalue weighted by atomic mass is 10.2. The average molecular weight is 372 g/mol. The Kier molecular flexibility index (Phi) is 5.87. The van der Waals surface area contributed by atoms with Gasteiger partial charge in [0.15, 0.2) is 0 Å². The molecule has 2 aromatic carbocycles. The Morgan fingerprint density at radius 1 is 1.04 bits per heavy atom. The van der Waals surface area contributed by atoms with Crippen LogP contribution in [0.25, 0.3) is 0 Å². The summed E-state index contributed by atoms with van der Waals surface area (Å²) in [6.45, 7) is 3.94. The van der Waals surface area contributed by atoms with Crippen molar-refractivity contribution in [2.45, 2.75) is 20.0 Å². The average Bonchev–Trinajstić information content (AvgIpc) is 2.70. The van der Waals surface area contributed by atoms with E-state index in [4.69, 9.17) is 10.00 Å². The summed E-state index contributed by atoms with van der Waals surface area (Å²) < 4.78 is 5.79. The first-order valence-corrected chi connectivity index (χ1v) is 8.86. The number of hydrogen-bond donors (Lipinski definition) is 2. The van der Waals surface area contributed by atoms with Gasteiger partial charge in [0, 0.05) is 0 Å². The van der Waals surface area contributed by atoms with Gasteiger partial charge < -0.3 is 15.4 Å². The van der Waals surface area contributed by atoms with Crippen molar-refractivity contribution in [1.82, 2.24) is 4.98 Å². The van der Waals surface area contributed by atoms with Crippen molar-refractivity contribution in [3.63, 3.8) is 0 Å². The van der Waals surface area contributed by atoms with Crippen LogP contribution in [-0.2, 0) is 0 Å². The fraction of sp³-hybridized carbons (Fsp3) is 0.136. The topological polar surface area (TPSA) is 87.0 Å². The van der Waals surface area contributed by atoms with Gasteiger partial charge in [0.1, 0.15) is 17.5 Å². The van der Waals surface area contributed by atoms with E-state index in [1.54, 1.807) is 42.6 Å². The van der Waals surface area contributed by atoms with E-state index < -0.39 is 0 Å². The fourth-order valence-corrected chi connectivity index (χ4v) is 2.56. The molecule has 0 spiro atoms. The van der Waals surface area contributed by atoms with Crippen LogP contribution in [0.5, 0.6) is 5.75 Å². The van der Waals surface area contributed by atoms with Crippen LogP contribution in [0.1, 0.15) is 29.9 Å². The van der Waals surface area contributed by atoms with Crippen molar-refractivity contribution in [3.8, 4) is 11.8 Å². The molecule has 140 valence electrons. The van der Waals surface area contributed by atoms with Crippen molar-refractivity contribution >= 4 is 23.0 Å². The lowest BCUT2D eigenvalue weighted by Gasteiger charge is -2.15. The third-order valence-corrected chi connectivity index (χ3v) is 3.82. The number of benzene rings is 2. The van der Waals surface area contributed by atoms with E-state index in [-0.39, 0.29) is 17.7 Å². The van der Waals surface area contributed by atoms with Crippen molar-refractivity contribution in [2.24, 2.45) is 0 Å². The number of nitrogens with zero attached hydrogens (tertiary/aromatic N) is 2. The molecule has 0 saturated carbocycles. The monoisotopic (exact) mass is 372 g/mol. The highest BCUT2D eigenvalue weighted by Gasteiger charge is 2.11. The first kappa shape index (κ1) is 18.9. The molecule has 0 aliphatic heterocycles. The minimum atomic E-state index is -0.377. The molecule has 2 N–H and O–H groups in total. The molecule has 0 aliphatic carbocycles. The van der Waals surface area contributed by atoms with Crippen LogP contribution in [-0.4, -0.2) is 17.0 Å². The third kappa shape index (κ3) is 4.65. The number of aromatic nitrogens is 1. The van der Waals surface area contributed by atoms with Crippen molar-refractivity contribution in [1.29, 1.82) is 5.26 Å². The number of nitriles is 1. The summed E-state index contributed by atoms with van der Waals surface area (Å²) in [6, 6.07) is 19.9. The summed E-state index contributed by atoms with van der Waals surface area (Å²) in [7, 11) is 0. The molecule has 0 radical (unpaired) electrons. The molecular formula is C22H20N4O2. The molecule has 0 fully saturated rings. The van der Waals surface area contributed by atoms with Crippen LogP contribution in [0.15, 0.2) is 66.9 Å². The second-order valence-corrected chi connectivity index (χ2v) is 6.33. The molecular weight excluding hydrogens is 352 g/mol. The number of carbonyl (C=O) groups is 1. The summed E-state index contributed by atoms with van der Waals surface area (Å²) in [4.78, 5) is 16.6. The maximum atomic E-state index is 12.4. The second kappa shape index (κ2) is 8.69. The molecule has 0 saturated heterocycles. The first-order chi connectivity index (χ1) is 13.6. The lowest BCUT2D eigenvalue weighted by Crippen LogP contribution is -2.14. The maximum absolute atomic E-state index is 12.4. The minimum absolute atomic E-state index is 0.0587. The Balaban J connectivity index is 1.72. The van der Waals surface area contributed by atoms with Crippen molar-refractivity contribution in [2.75, 3.05) is 10.6 Å². The van der Waals surface area contributed by atoms with Crippen LogP contribution in [0.3, 0.4) is 0 Å². The molecule has 3 aromatic rings. The van der Waals surface area contributed by atoms with Gasteiger partial charge in [-0.2, -0.15) is 5.26 Å². The molecule has 0 aliphatic rings. The van der Waals surface area contributed by atoms with E-state index in [0.717, 1.165) is 17.1 Å². The van der Waals surface area contributed by atoms with Crippen molar-refractivity contribution in [3.05, 3.63) is 78.1 Å². The Labute approximate surface area is 163 Å². The van der Waals surface area contributed by atoms with E-state index in [0.29, 0.717) is 11.3 Å². The number of anilines is 3. The summed E-state index contributed by atoms with van der Waals surface area (Å²) in [6.07, 6.45) is 1.64. The largest absolute Gasteiger partial charge is 0.489 e. The van der Waals surface area contributed by atoms with Crippen molar-refractivity contribution < 1.29 is 9.53 Å². The quantitative estimate of drug-likeness (QED) is 0.653. The highest BCUT2D eigenvalue weighted by Crippen LogP contribution is 2.28. The van der Waals surface area contributed by atoms with Crippen LogP contribution >= 0.6 is 0 Å². The first-order valence-electron chi connectivity index (χ1n) is 8.86. The number of nitrogens with one attached hydrogen (secondary N) is 2. The molecule has 6 nitrogen and oxygen atoms in total. The van der Waals surface area contributed by atoms with Gasteiger partial charge in [-0.05, 0) is 50.2 Å². The summed E-state index contributed by atoms with van der Waals surface area (Å²) in [5.41, 5.74) is 2.66. The second-order valence-electron chi connectivity index (χ2n) is 6.33. The molecule has 6 heteroatoms. The number of ether oxygens (including phenoxy) is 1. The molecule has 1 amide bonds. The maximum Gasteiger partial charge on any atom is 0.274 e. The number of amides is 1. The number of rotatable bonds is 6. The Bertz CT molecular complexity index is 1010. The van der Waals surface area contributed by atoms with E-state index in [9.17, 15) is 4.79 Å². The third-order valence-electron chi connectivity index (χ3n) is 3.82. The van der Waals surface area contributed by atoms with Gasteiger partial charge in [-0.15, -0.1) is 0 Å². The zero-order valence-corrected chi connectivity index (χ0v) is 15.6. The van der Waals surface area contributed by atoms with E-state index in [1.165, 1.54) is 0 Å². The summed E-state index contributed by atoms with van der Waals surface area (Å²) in [5.74, 6) is 0.366. The molecule has 0 unspecified atom stereocenters. The summed E-state index contributed by atoms with van der Waals surface area (Å²) in [5, 5.41) is 15.1. The van der Waals surface area contributed by atoms with Gasteiger partial charge in [-0.3, -0.25) is 4.79 Å². The molecule has 1 heterocycles. The molecule has 0 bridgehead atoms. The summed E-state index contributed by atoms with van der Waals surface area (Å²) >= 11 is 0.